The molecule has 0 amide bonds. The molecule has 0 atom stereocenters. The van der Waals surface area contributed by atoms with Crippen LogP contribution in [-0.2, 0) is 0 Å². The molecule has 4 N–H and O–H groups in total. The van der Waals surface area contributed by atoms with Gasteiger partial charge in [-0.1, -0.05) is 119 Å². The first-order chi connectivity index (χ1) is 60.4. The summed E-state index contributed by atoms with van der Waals surface area (Å²) in [6.07, 6.45) is 24.9. The monoisotopic (exact) mass is 1620 g/mol. The Balaban J connectivity index is 0.728. The van der Waals surface area contributed by atoms with Crippen LogP contribution in [0.1, 0.15) is 164 Å². The van der Waals surface area contributed by atoms with Gasteiger partial charge in [-0.3, -0.25) is 0 Å². The van der Waals surface area contributed by atoms with Gasteiger partial charge in [0.05, 0.1) is 72.0 Å². The van der Waals surface area contributed by atoms with E-state index >= 15 is 0 Å². The molecule has 0 saturated heterocycles. The largest absolute Gasteiger partial charge is 0.494 e. The van der Waals surface area contributed by atoms with Crippen LogP contribution in [0.15, 0.2) is 194 Å². The third-order valence-corrected chi connectivity index (χ3v) is 24.9. The van der Waals surface area contributed by atoms with E-state index in [2.05, 4.69) is 346 Å². The zero-order valence-corrected chi connectivity index (χ0v) is 73.0. The minimum atomic E-state index is 0.559. The summed E-state index contributed by atoms with van der Waals surface area (Å²) < 4.78 is 27.1. The summed E-state index contributed by atoms with van der Waals surface area (Å²) in [7, 11) is 0. The van der Waals surface area contributed by atoms with Crippen LogP contribution in [0.5, 0.6) is 23.0 Å². The predicted octanol–water partition coefficient (Wildman–Crippen LogP) is 29.0. The highest BCUT2D eigenvalue weighted by Gasteiger charge is 2.27. The quantitative estimate of drug-likeness (QED) is 0.136. The van der Waals surface area contributed by atoms with E-state index in [1.54, 1.807) is 0 Å². The number of ether oxygens (including phenoxy) is 4. The highest BCUT2D eigenvalue weighted by molar-refractivity contribution is 6.04. The second-order valence-corrected chi connectivity index (χ2v) is 34.4. The molecule has 12 nitrogen and oxygen atoms in total. The van der Waals surface area contributed by atoms with Crippen molar-refractivity contribution < 1.29 is 18.9 Å². The lowest BCUT2D eigenvalue weighted by molar-refractivity contribution is 0.287. The summed E-state index contributed by atoms with van der Waals surface area (Å²) in [5.74, 6) is 3.18. The lowest BCUT2D eigenvalue weighted by Gasteiger charge is -2.14. The Morgan fingerprint density at radius 1 is 0.194 bits per heavy atom. The standard InChI is InChI=1S/C112H104N8O4/c1-65-53-69(5)101(70(6)54-65)109-93-41-33-85(113-93)105-77-25-21-29-81(61-77)121-49-17-13-15-19-51-123-83-31-23-27-79(63-83)107-89-37-45-97(117-89)111(103-73(9)57-67(3)58-74(103)10)98-46-38-90(118-98)108(92-40-48-100(120-92)112(99-47-39-91(107)119-99)104-75(11)59-68(4)60-76(104)12)80-28-24-32-84(64-80)124-52-20-16-14-18-50-122-82-30-22-26-78(62-82)106(86-34-42-94(109)114-86)88-36-44-96(116-88)110(95-43-35-87(105)115-95)102-71(7)55-66(2)56-72(102)8/h21-48,53-64,113,116-117,120H,13-20,49-52H2,1-12H3. The Hall–Kier alpha value is -13.8. The molecule has 6 aliphatic heterocycles. The fourth-order valence-electron chi connectivity index (χ4n) is 19.8. The zero-order chi connectivity index (χ0) is 85.0. The summed E-state index contributed by atoms with van der Waals surface area (Å²) >= 11 is 0. The van der Waals surface area contributed by atoms with E-state index in [0.29, 0.717) is 26.4 Å². The van der Waals surface area contributed by atoms with Crippen LogP contribution in [-0.4, -0.2) is 66.3 Å². The van der Waals surface area contributed by atoms with Crippen molar-refractivity contribution in [1.29, 1.82) is 0 Å². The van der Waals surface area contributed by atoms with E-state index in [1.807, 2.05) is 0 Å². The van der Waals surface area contributed by atoms with Crippen LogP contribution in [0.4, 0.5) is 0 Å². The molecule has 0 unspecified atom stereocenters. The molecule has 8 aromatic carbocycles. The van der Waals surface area contributed by atoms with Gasteiger partial charge in [0, 0.05) is 88.6 Å². The summed E-state index contributed by atoms with van der Waals surface area (Å²) in [6.45, 7) is 28.7. The molecule has 124 heavy (non-hydrogen) atoms. The maximum atomic E-state index is 6.76. The van der Waals surface area contributed by atoms with Crippen molar-refractivity contribution in [1.82, 2.24) is 39.9 Å². The number of nitrogens with one attached hydrogen (secondary N) is 4. The fraction of sp³-hybridized carbons (Fsp3) is 0.214. The second-order valence-electron chi connectivity index (χ2n) is 34.4. The third-order valence-electron chi connectivity index (χ3n) is 24.9. The van der Waals surface area contributed by atoms with Gasteiger partial charge in [0.1, 0.15) is 23.0 Å². The van der Waals surface area contributed by atoms with Gasteiger partial charge in [0.15, 0.2) is 0 Å². The summed E-state index contributed by atoms with van der Waals surface area (Å²) in [4.78, 5) is 39.1. The van der Waals surface area contributed by atoms with Gasteiger partial charge in [-0.15, -0.1) is 0 Å². The van der Waals surface area contributed by atoms with Gasteiger partial charge in [0.2, 0.25) is 0 Å². The smallest absolute Gasteiger partial charge is 0.119 e. The van der Waals surface area contributed by atoms with Crippen molar-refractivity contribution in [2.75, 3.05) is 26.4 Å². The van der Waals surface area contributed by atoms with Crippen molar-refractivity contribution in [3.63, 3.8) is 0 Å². The molecule has 12 heterocycles. The van der Waals surface area contributed by atoms with Crippen LogP contribution < -0.4 is 18.9 Å². The molecule has 0 aliphatic carbocycles. The van der Waals surface area contributed by atoms with Crippen LogP contribution in [0.3, 0.4) is 0 Å². The Kier molecular flexibility index (Phi) is 21.8. The number of rotatable bonds is 4. The average molecular weight is 1630 g/mol. The molecule has 0 saturated carbocycles. The number of nitrogens with zero attached hydrogens (tertiary/aromatic N) is 4. The molecule has 616 valence electrons. The maximum Gasteiger partial charge on any atom is 0.119 e. The molecule has 28 bridgehead atoms. The highest BCUT2D eigenvalue weighted by Crippen LogP contribution is 2.47. The van der Waals surface area contributed by atoms with Crippen LogP contribution >= 0.6 is 0 Å². The van der Waals surface area contributed by atoms with Gasteiger partial charge in [-0.05, 0) is 369 Å². The van der Waals surface area contributed by atoms with Crippen molar-refractivity contribution >= 4 is 92.7 Å². The molecule has 6 aromatic heterocycles. The number of aromatic amines is 4. The molecule has 0 spiro atoms. The molecule has 20 rings (SSSR count). The van der Waals surface area contributed by atoms with Crippen LogP contribution in [0, 0.1) is 83.1 Å². The Morgan fingerprint density at radius 2 is 0.371 bits per heavy atom. The van der Waals surface area contributed by atoms with Gasteiger partial charge in [-0.25, -0.2) is 19.9 Å². The minimum absolute atomic E-state index is 0.559. The molecular formula is C112H104N8O4. The molecule has 12 heteroatoms. The lowest BCUT2D eigenvalue weighted by atomic mass is 9.92. The number of hydrogen-bond donors (Lipinski definition) is 4. The van der Waals surface area contributed by atoms with Crippen LogP contribution in [0.25, 0.3) is 182 Å². The van der Waals surface area contributed by atoms with Gasteiger partial charge in [0.25, 0.3) is 0 Å². The predicted molar refractivity (Wildman–Crippen MR) is 517 cm³/mol. The van der Waals surface area contributed by atoms with Crippen molar-refractivity contribution in [3.8, 4) is 112 Å². The zero-order valence-electron chi connectivity index (χ0n) is 73.0. The maximum absolute atomic E-state index is 6.76. The van der Waals surface area contributed by atoms with E-state index in [9.17, 15) is 0 Å². The van der Waals surface area contributed by atoms with Crippen molar-refractivity contribution in [2.45, 2.75) is 134 Å². The van der Waals surface area contributed by atoms with E-state index in [0.717, 1.165) is 253 Å². The summed E-state index contributed by atoms with van der Waals surface area (Å²) in [6, 6.07) is 70.1. The second kappa shape index (κ2) is 33.9. The Morgan fingerprint density at radius 3 is 0.565 bits per heavy atom. The topological polar surface area (TPSA) is 152 Å². The lowest BCUT2D eigenvalue weighted by Crippen LogP contribution is -2.00. The van der Waals surface area contributed by atoms with Gasteiger partial charge in [-0.2, -0.15) is 0 Å². The number of fused-ring (bicyclic) bond motifs is 18. The number of benzene rings is 8. The normalized spacial score (nSPS) is 13.7. The van der Waals surface area contributed by atoms with Crippen LogP contribution in [0.2, 0.25) is 0 Å². The van der Waals surface area contributed by atoms with E-state index in [4.69, 9.17) is 38.9 Å². The number of H-pyrrole nitrogens is 4. The van der Waals surface area contributed by atoms with Gasteiger partial charge >= 0.3 is 0 Å². The first-order valence-corrected chi connectivity index (χ1v) is 43.9. The number of aryl methyl sites for hydroxylation is 12. The molecule has 6 aliphatic rings. The molecular weight excluding hydrogens is 1520 g/mol. The summed E-state index contributed by atoms with van der Waals surface area (Å²) in [5.41, 5.74) is 45.0. The van der Waals surface area contributed by atoms with Crippen molar-refractivity contribution in [3.05, 3.63) is 306 Å². The highest BCUT2D eigenvalue weighted by atomic mass is 16.5. The number of aromatic nitrogens is 8. The molecule has 0 fully saturated rings. The van der Waals surface area contributed by atoms with E-state index in [1.165, 1.54) is 66.8 Å². The minimum Gasteiger partial charge on any atom is -0.494 e. The van der Waals surface area contributed by atoms with Gasteiger partial charge < -0.3 is 38.9 Å². The average Bonchev–Trinajstić information content (AvgIpc) is 1.59. The Labute approximate surface area is 726 Å². The Bertz CT molecular complexity index is 6230. The van der Waals surface area contributed by atoms with Crippen molar-refractivity contribution in [2.24, 2.45) is 0 Å². The SMILES string of the molecule is Cc1cc(C)c(-c2c3nc(c4c5ccc([nH]5)c(-c5c(C)cc(C)cc5C)c5nc(c(c6ccc2[nH]6)-c2cccc(c2)OCCCCCCOc2cccc(c2)-c2c6nc(c(-c7c(C)cc(C)cc7C)c7ccc([nH]7)c(c7nc(c(-c8c(C)cc(C)cc8C)c8ccc2[nH]8)C=C7)-c2cccc(c2)OCCCCCCOc2cccc-4c2)C=C6)C=C5)C=C3)c(C)c1. The van der Waals surface area contributed by atoms with E-state index < -0.39 is 0 Å². The molecule has 0 radical (unpaired) electrons. The summed E-state index contributed by atoms with van der Waals surface area (Å²) in [5, 5.41) is 0. The third kappa shape index (κ3) is 15.8. The first-order valence-electron chi connectivity index (χ1n) is 43.9. The number of hydrogen-bond acceptors (Lipinski definition) is 8. The van der Waals surface area contributed by atoms with E-state index in [-0.39, 0.29) is 0 Å². The molecule has 14 aromatic rings. The first kappa shape index (κ1) is 79.9. The fourth-order valence-corrected chi connectivity index (χ4v) is 19.8.